The van der Waals surface area contributed by atoms with Crippen molar-refractivity contribution < 1.29 is 19.1 Å². The molecule has 0 aliphatic rings. The van der Waals surface area contributed by atoms with Crippen molar-refractivity contribution >= 4 is 17.7 Å². The molecular formula is C23H27NO4. The number of carbonyl (C=O) groups is 3. The summed E-state index contributed by atoms with van der Waals surface area (Å²) < 4.78 is 4.95. The monoisotopic (exact) mass is 381 g/mol. The van der Waals surface area contributed by atoms with E-state index in [1.807, 2.05) is 56.3 Å². The number of ketones is 1. The molecule has 2 aromatic carbocycles. The second-order valence-electron chi connectivity index (χ2n) is 6.61. The molecule has 1 amide bonds. The van der Waals surface area contributed by atoms with Crippen molar-refractivity contribution in [1.29, 1.82) is 0 Å². The van der Waals surface area contributed by atoms with E-state index in [1.54, 1.807) is 12.1 Å². The maximum Gasteiger partial charge on any atom is 0.306 e. The molecule has 28 heavy (non-hydrogen) atoms. The topological polar surface area (TPSA) is 72.5 Å². The van der Waals surface area contributed by atoms with Gasteiger partial charge in [-0.3, -0.25) is 14.4 Å². The maximum absolute atomic E-state index is 12.3. The lowest BCUT2D eigenvalue weighted by atomic mass is 10.0. The molecule has 2 aromatic rings. The Morgan fingerprint density at radius 1 is 0.857 bits per heavy atom. The van der Waals surface area contributed by atoms with Crippen LogP contribution in [0.1, 0.15) is 49.9 Å². The lowest BCUT2D eigenvalue weighted by Gasteiger charge is -2.14. The van der Waals surface area contributed by atoms with Gasteiger partial charge in [0.05, 0.1) is 6.42 Å². The molecule has 2 rings (SSSR count). The van der Waals surface area contributed by atoms with E-state index < -0.39 is 5.97 Å². The fourth-order valence-corrected chi connectivity index (χ4v) is 2.82. The van der Waals surface area contributed by atoms with Gasteiger partial charge in [0.2, 0.25) is 0 Å². The van der Waals surface area contributed by atoms with Crippen LogP contribution in [-0.4, -0.2) is 30.3 Å². The minimum atomic E-state index is -0.547. The molecule has 0 bridgehead atoms. The zero-order valence-electron chi connectivity index (χ0n) is 16.4. The molecule has 0 aliphatic heterocycles. The summed E-state index contributed by atoms with van der Waals surface area (Å²) in [6.45, 7) is 3.66. The number of hydrogen-bond acceptors (Lipinski definition) is 4. The van der Waals surface area contributed by atoms with Gasteiger partial charge in [-0.15, -0.1) is 0 Å². The van der Waals surface area contributed by atoms with Crippen molar-refractivity contribution in [2.24, 2.45) is 0 Å². The first-order valence-electron chi connectivity index (χ1n) is 9.67. The predicted molar refractivity (Wildman–Crippen MR) is 109 cm³/mol. The summed E-state index contributed by atoms with van der Waals surface area (Å²) in [4.78, 5) is 35.8. The first kappa shape index (κ1) is 21.4. The van der Waals surface area contributed by atoms with Crippen molar-refractivity contribution in [3.05, 3.63) is 60.2 Å². The largest absolute Gasteiger partial charge is 0.456 e. The number of amides is 1. The van der Waals surface area contributed by atoms with E-state index in [2.05, 4.69) is 5.32 Å². The summed E-state index contributed by atoms with van der Waals surface area (Å²) in [6.07, 6.45) is 1.66. The van der Waals surface area contributed by atoms with Crippen LogP contribution < -0.4 is 5.32 Å². The van der Waals surface area contributed by atoms with Crippen LogP contribution in [0.2, 0.25) is 0 Å². The van der Waals surface area contributed by atoms with Gasteiger partial charge in [0.1, 0.15) is 0 Å². The summed E-state index contributed by atoms with van der Waals surface area (Å²) in [7, 11) is 0. The Bertz CT molecular complexity index is 780. The Kier molecular flexibility index (Phi) is 8.40. The van der Waals surface area contributed by atoms with E-state index in [9.17, 15) is 14.4 Å². The van der Waals surface area contributed by atoms with Crippen molar-refractivity contribution in [1.82, 2.24) is 5.32 Å². The van der Waals surface area contributed by atoms with Crippen LogP contribution in [-0.2, 0) is 14.3 Å². The highest BCUT2D eigenvalue weighted by molar-refractivity contribution is 5.98. The first-order valence-corrected chi connectivity index (χ1v) is 9.67. The minimum Gasteiger partial charge on any atom is -0.456 e. The summed E-state index contributed by atoms with van der Waals surface area (Å²) in [5.74, 6) is -0.989. The highest BCUT2D eigenvalue weighted by Gasteiger charge is 2.13. The van der Waals surface area contributed by atoms with Crippen LogP contribution in [0.5, 0.6) is 0 Å². The van der Waals surface area contributed by atoms with Gasteiger partial charge in [-0.25, -0.2) is 0 Å². The van der Waals surface area contributed by atoms with Crippen LogP contribution in [0.3, 0.4) is 0 Å². The van der Waals surface area contributed by atoms with Crippen LogP contribution in [0.4, 0.5) is 0 Å². The van der Waals surface area contributed by atoms with Crippen LogP contribution in [0, 0.1) is 0 Å². The Labute approximate surface area is 166 Å². The number of nitrogens with one attached hydrogen (secondary N) is 1. The van der Waals surface area contributed by atoms with E-state index in [1.165, 1.54) is 0 Å². The zero-order valence-corrected chi connectivity index (χ0v) is 16.4. The van der Waals surface area contributed by atoms with Crippen molar-refractivity contribution in [2.45, 2.75) is 45.6 Å². The normalized spacial score (nSPS) is 10.5. The van der Waals surface area contributed by atoms with Crippen molar-refractivity contribution in [3.63, 3.8) is 0 Å². The third kappa shape index (κ3) is 6.65. The van der Waals surface area contributed by atoms with E-state index in [0.29, 0.717) is 5.56 Å². The van der Waals surface area contributed by atoms with Gasteiger partial charge in [-0.05, 0) is 24.0 Å². The molecule has 0 aliphatic carbocycles. The van der Waals surface area contributed by atoms with Gasteiger partial charge < -0.3 is 10.1 Å². The quantitative estimate of drug-likeness (QED) is 0.495. The molecule has 0 aromatic heterocycles. The molecule has 148 valence electrons. The summed E-state index contributed by atoms with van der Waals surface area (Å²) in [6, 6.07) is 17.3. The Hall–Kier alpha value is -2.95. The molecule has 0 atom stereocenters. The van der Waals surface area contributed by atoms with E-state index in [-0.39, 0.29) is 37.2 Å². The zero-order chi connectivity index (χ0) is 20.4. The smallest absolute Gasteiger partial charge is 0.306 e. The van der Waals surface area contributed by atoms with Gasteiger partial charge in [0.15, 0.2) is 12.4 Å². The van der Waals surface area contributed by atoms with Gasteiger partial charge >= 0.3 is 5.97 Å². The van der Waals surface area contributed by atoms with E-state index in [4.69, 9.17) is 4.74 Å². The highest BCUT2D eigenvalue weighted by atomic mass is 16.5. The number of hydrogen-bond donors (Lipinski definition) is 1. The number of esters is 1. The maximum atomic E-state index is 12.3. The number of carbonyl (C=O) groups excluding carboxylic acids is 3. The highest BCUT2D eigenvalue weighted by Crippen LogP contribution is 2.20. The molecule has 0 heterocycles. The molecule has 1 N–H and O–H groups in total. The fraction of sp³-hybridized carbons (Fsp3) is 0.348. The van der Waals surface area contributed by atoms with Crippen LogP contribution in [0.15, 0.2) is 54.6 Å². The first-order chi connectivity index (χ1) is 13.5. The Balaban J connectivity index is 1.77. The van der Waals surface area contributed by atoms with Gasteiger partial charge in [0, 0.05) is 18.0 Å². The van der Waals surface area contributed by atoms with E-state index >= 15 is 0 Å². The molecule has 0 saturated carbocycles. The van der Waals surface area contributed by atoms with Crippen molar-refractivity contribution in [2.75, 3.05) is 6.61 Å². The number of ether oxygens (including phenoxy) is 1. The van der Waals surface area contributed by atoms with E-state index in [0.717, 1.165) is 24.0 Å². The van der Waals surface area contributed by atoms with Crippen molar-refractivity contribution in [3.8, 4) is 11.1 Å². The molecule has 0 radical (unpaired) electrons. The number of rotatable bonds is 10. The average Bonchev–Trinajstić information content (AvgIpc) is 2.75. The average molecular weight is 381 g/mol. The Morgan fingerprint density at radius 3 is 2.07 bits per heavy atom. The third-order valence-corrected chi connectivity index (χ3v) is 4.59. The molecule has 5 nitrogen and oxygen atoms in total. The second-order valence-corrected chi connectivity index (χ2v) is 6.61. The number of Topliss-reactive ketones (excluding diaryl/α,β-unsaturated/α-hetero) is 1. The van der Waals surface area contributed by atoms with Gasteiger partial charge in [0.25, 0.3) is 5.91 Å². The van der Waals surface area contributed by atoms with Crippen LogP contribution >= 0.6 is 0 Å². The molecular weight excluding hydrogens is 354 g/mol. The predicted octanol–water partition coefficient (Wildman–Crippen LogP) is 4.16. The molecule has 0 spiro atoms. The fourth-order valence-electron chi connectivity index (χ4n) is 2.82. The molecule has 0 saturated heterocycles. The summed E-state index contributed by atoms with van der Waals surface area (Å²) in [5.41, 5.74) is 2.66. The molecule has 5 heteroatoms. The second kappa shape index (κ2) is 11.0. The van der Waals surface area contributed by atoms with Crippen LogP contribution in [0.25, 0.3) is 11.1 Å². The lowest BCUT2D eigenvalue weighted by Crippen LogP contribution is -2.36. The van der Waals surface area contributed by atoms with Gasteiger partial charge in [-0.2, -0.15) is 0 Å². The summed E-state index contributed by atoms with van der Waals surface area (Å²) >= 11 is 0. The number of benzene rings is 2. The SMILES string of the molecule is CCC(CC)NC(=O)COC(=O)CCC(=O)c1ccc(-c2ccccc2)cc1. The summed E-state index contributed by atoms with van der Waals surface area (Å²) in [5, 5.41) is 2.80. The lowest BCUT2D eigenvalue weighted by molar-refractivity contribution is -0.148. The third-order valence-electron chi connectivity index (χ3n) is 4.59. The Morgan fingerprint density at radius 2 is 1.46 bits per heavy atom. The molecule has 0 fully saturated rings. The molecule has 0 unspecified atom stereocenters. The standard InChI is InChI=1S/C23H27NO4/c1-3-20(4-2)24-22(26)16-28-23(27)15-14-21(25)19-12-10-18(11-13-19)17-8-6-5-7-9-17/h5-13,20H,3-4,14-16H2,1-2H3,(H,24,26). The van der Waals surface area contributed by atoms with Gasteiger partial charge in [-0.1, -0.05) is 68.4 Å². The minimum absolute atomic E-state index is 0.0441.